The number of rotatable bonds is 8. The van der Waals surface area contributed by atoms with Gasteiger partial charge in [0.25, 0.3) is 5.69 Å². The number of aromatic nitrogens is 2. The molecule has 0 unspecified atom stereocenters. The maximum atomic E-state index is 10.8. The molecule has 4 aromatic rings. The van der Waals surface area contributed by atoms with Crippen molar-refractivity contribution in [2.45, 2.75) is 10.8 Å². The average Bonchev–Trinajstić information content (AvgIpc) is 3.33. The van der Waals surface area contributed by atoms with Crippen molar-refractivity contribution >= 4 is 28.8 Å². The smallest absolute Gasteiger partial charge is 0.269 e. The Hall–Kier alpha value is -3.63. The van der Waals surface area contributed by atoms with E-state index in [1.165, 1.54) is 37.7 Å². The number of aromatic hydroxyl groups is 1. The van der Waals surface area contributed by atoms with E-state index >= 15 is 0 Å². The van der Waals surface area contributed by atoms with Crippen LogP contribution in [0.15, 0.2) is 65.1 Å². The lowest BCUT2D eigenvalue weighted by molar-refractivity contribution is -0.384. The van der Waals surface area contributed by atoms with E-state index < -0.39 is 4.92 Å². The molecule has 2 aromatic heterocycles. The van der Waals surface area contributed by atoms with Crippen LogP contribution in [0.1, 0.15) is 5.56 Å². The number of phenolic OH excluding ortho intramolecular Hbond substituents is 1. The van der Waals surface area contributed by atoms with Gasteiger partial charge in [-0.05, 0) is 29.8 Å². The fourth-order valence-corrected chi connectivity index (χ4v) is 4.82. The van der Waals surface area contributed by atoms with Gasteiger partial charge in [-0.3, -0.25) is 10.1 Å². The van der Waals surface area contributed by atoms with Gasteiger partial charge in [0.2, 0.25) is 5.75 Å². The molecule has 1 N–H and O–H groups in total. The van der Waals surface area contributed by atoms with E-state index in [4.69, 9.17) is 14.5 Å². The first kappa shape index (κ1) is 22.6. The van der Waals surface area contributed by atoms with Gasteiger partial charge in [0.15, 0.2) is 11.5 Å². The summed E-state index contributed by atoms with van der Waals surface area (Å²) in [6, 6.07) is 13.8. The molecule has 0 aliphatic carbocycles. The number of hydrogen-bond acceptors (Lipinski definition) is 9. The highest BCUT2D eigenvalue weighted by Gasteiger charge is 2.18. The van der Waals surface area contributed by atoms with Crippen LogP contribution >= 0.6 is 23.1 Å². The molecule has 0 aliphatic rings. The predicted octanol–water partition coefficient (Wildman–Crippen LogP) is 5.80. The highest BCUT2D eigenvalue weighted by Crippen LogP contribution is 2.44. The first-order valence-corrected chi connectivity index (χ1v) is 11.6. The van der Waals surface area contributed by atoms with E-state index in [-0.39, 0.29) is 11.4 Å². The quantitative estimate of drug-likeness (QED) is 0.191. The maximum absolute atomic E-state index is 10.8. The molecule has 2 aromatic carbocycles. The van der Waals surface area contributed by atoms with Gasteiger partial charge in [-0.25, -0.2) is 9.97 Å². The van der Waals surface area contributed by atoms with Crippen LogP contribution in [0, 0.1) is 10.1 Å². The molecule has 0 spiro atoms. The second kappa shape index (κ2) is 9.88. The highest BCUT2D eigenvalue weighted by molar-refractivity contribution is 7.98. The molecule has 0 saturated heterocycles. The van der Waals surface area contributed by atoms with E-state index in [1.54, 1.807) is 42.2 Å². The van der Waals surface area contributed by atoms with Crippen molar-refractivity contribution in [1.29, 1.82) is 0 Å². The standard InChI is InChI=1S/C23H19N3O5S2/c1-30-19-8-7-17(22(31-2)21(19)27)18-13-33-23(25-18)15-9-10-24-20(11-15)32-12-14-3-5-16(6-4-14)26(28)29/h3-11,13,27H,12H2,1-2H3. The molecule has 2 heterocycles. The minimum absolute atomic E-state index is 0.0686. The summed E-state index contributed by atoms with van der Waals surface area (Å²) < 4.78 is 10.5. The minimum Gasteiger partial charge on any atom is -0.502 e. The summed E-state index contributed by atoms with van der Waals surface area (Å²) in [6.45, 7) is 0. The van der Waals surface area contributed by atoms with Crippen LogP contribution < -0.4 is 9.47 Å². The third-order valence-electron chi connectivity index (χ3n) is 4.81. The Kier molecular flexibility index (Phi) is 6.76. The number of non-ortho nitro benzene ring substituents is 1. The molecule has 168 valence electrons. The van der Waals surface area contributed by atoms with E-state index in [9.17, 15) is 15.2 Å². The Labute approximate surface area is 198 Å². The predicted molar refractivity (Wildman–Crippen MR) is 128 cm³/mol. The van der Waals surface area contributed by atoms with E-state index in [0.717, 1.165) is 21.2 Å². The van der Waals surface area contributed by atoms with Crippen LogP contribution in [0.4, 0.5) is 5.69 Å². The van der Waals surface area contributed by atoms with Gasteiger partial charge in [-0.1, -0.05) is 12.1 Å². The molecule has 8 nitrogen and oxygen atoms in total. The van der Waals surface area contributed by atoms with E-state index in [1.807, 2.05) is 17.5 Å². The minimum atomic E-state index is -0.410. The lowest BCUT2D eigenvalue weighted by atomic mass is 10.1. The number of ether oxygens (including phenoxy) is 2. The zero-order chi connectivity index (χ0) is 23.4. The van der Waals surface area contributed by atoms with Crippen molar-refractivity contribution in [3.63, 3.8) is 0 Å². The van der Waals surface area contributed by atoms with Crippen molar-refractivity contribution in [3.8, 4) is 39.1 Å². The molecule has 0 atom stereocenters. The van der Waals surface area contributed by atoms with Crippen molar-refractivity contribution in [2.75, 3.05) is 14.2 Å². The van der Waals surface area contributed by atoms with Crippen LogP contribution in [0.25, 0.3) is 21.8 Å². The fourth-order valence-electron chi connectivity index (χ4n) is 3.15. The van der Waals surface area contributed by atoms with Crippen LogP contribution in [-0.2, 0) is 5.75 Å². The molecule has 0 fully saturated rings. The summed E-state index contributed by atoms with van der Waals surface area (Å²) in [5.74, 6) is 1.20. The number of benzene rings is 2. The van der Waals surface area contributed by atoms with Crippen LogP contribution in [0.3, 0.4) is 0 Å². The number of nitro benzene ring substituents is 1. The molecule has 0 aliphatic heterocycles. The van der Waals surface area contributed by atoms with Crippen LogP contribution in [-0.4, -0.2) is 34.2 Å². The lowest BCUT2D eigenvalue weighted by Crippen LogP contribution is -1.92. The second-order valence-electron chi connectivity index (χ2n) is 6.83. The number of phenols is 1. The van der Waals surface area contributed by atoms with Crippen molar-refractivity contribution < 1.29 is 19.5 Å². The first-order valence-electron chi connectivity index (χ1n) is 9.72. The third kappa shape index (κ3) is 4.91. The van der Waals surface area contributed by atoms with E-state index in [2.05, 4.69) is 4.98 Å². The number of nitro groups is 1. The topological polar surface area (TPSA) is 108 Å². The maximum Gasteiger partial charge on any atom is 0.269 e. The lowest BCUT2D eigenvalue weighted by Gasteiger charge is -2.11. The Bertz CT molecular complexity index is 1290. The Morgan fingerprint density at radius 2 is 1.91 bits per heavy atom. The summed E-state index contributed by atoms with van der Waals surface area (Å²) in [5.41, 5.74) is 3.32. The highest BCUT2D eigenvalue weighted by atomic mass is 32.2. The SMILES string of the molecule is COc1ccc(-c2csc(-c3ccnc(SCc4ccc([N+](=O)[O-])cc4)c3)n2)c(OC)c1O. The van der Waals surface area contributed by atoms with Crippen molar-refractivity contribution in [3.05, 3.63) is 75.8 Å². The van der Waals surface area contributed by atoms with Crippen molar-refractivity contribution in [2.24, 2.45) is 0 Å². The largest absolute Gasteiger partial charge is 0.502 e. The molecule has 33 heavy (non-hydrogen) atoms. The number of methoxy groups -OCH3 is 2. The van der Waals surface area contributed by atoms with E-state index in [0.29, 0.717) is 28.5 Å². The second-order valence-corrected chi connectivity index (χ2v) is 8.68. The molecular weight excluding hydrogens is 462 g/mol. The third-order valence-corrected chi connectivity index (χ3v) is 6.70. The van der Waals surface area contributed by atoms with Gasteiger partial charge in [-0.2, -0.15) is 0 Å². The number of thiazole rings is 1. The van der Waals surface area contributed by atoms with Crippen molar-refractivity contribution in [1.82, 2.24) is 9.97 Å². The first-order chi connectivity index (χ1) is 16.0. The van der Waals surface area contributed by atoms with Gasteiger partial charge in [0, 0.05) is 40.6 Å². The van der Waals surface area contributed by atoms with Gasteiger partial charge in [0.05, 0.1) is 29.9 Å². The molecule has 0 bridgehead atoms. The zero-order valence-electron chi connectivity index (χ0n) is 17.7. The average molecular weight is 482 g/mol. The van der Waals surface area contributed by atoms with Gasteiger partial charge >= 0.3 is 0 Å². The monoisotopic (exact) mass is 481 g/mol. The zero-order valence-corrected chi connectivity index (χ0v) is 19.4. The van der Waals surface area contributed by atoms with Gasteiger partial charge in [0.1, 0.15) is 5.01 Å². The fraction of sp³-hybridized carbons (Fsp3) is 0.130. The molecule has 10 heteroatoms. The molecule has 0 saturated carbocycles. The Morgan fingerprint density at radius 1 is 1.12 bits per heavy atom. The van der Waals surface area contributed by atoms with Gasteiger partial charge in [-0.15, -0.1) is 23.1 Å². The summed E-state index contributed by atoms with van der Waals surface area (Å²) in [7, 11) is 2.97. The van der Waals surface area contributed by atoms with Gasteiger partial charge < -0.3 is 14.6 Å². The van der Waals surface area contributed by atoms with Crippen LogP contribution in [0.5, 0.6) is 17.2 Å². The molecule has 0 amide bonds. The number of thioether (sulfide) groups is 1. The number of hydrogen-bond donors (Lipinski definition) is 1. The normalized spacial score (nSPS) is 10.7. The summed E-state index contributed by atoms with van der Waals surface area (Å²) in [6.07, 6.45) is 1.73. The summed E-state index contributed by atoms with van der Waals surface area (Å²) >= 11 is 3.02. The Morgan fingerprint density at radius 3 is 2.61 bits per heavy atom. The Balaban J connectivity index is 1.53. The molecular formula is C23H19N3O5S2. The van der Waals surface area contributed by atoms with Crippen LogP contribution in [0.2, 0.25) is 0 Å². The molecule has 0 radical (unpaired) electrons. The summed E-state index contributed by atoms with van der Waals surface area (Å²) in [5, 5.41) is 24.7. The number of nitrogens with zero attached hydrogens (tertiary/aromatic N) is 3. The number of pyridine rings is 1. The summed E-state index contributed by atoms with van der Waals surface area (Å²) in [4.78, 5) is 19.5. The molecule has 4 rings (SSSR count).